The number of hydrogen-bond donors (Lipinski definition) is 1. The molecule has 0 fully saturated rings. The van der Waals surface area contributed by atoms with Crippen LogP contribution in [0.1, 0.15) is 12.5 Å². The van der Waals surface area contributed by atoms with Crippen LogP contribution in [0.15, 0.2) is 65.8 Å². The number of hydrazone groups is 1. The first-order chi connectivity index (χ1) is 13.6. The molecule has 0 aromatic heterocycles. The summed E-state index contributed by atoms with van der Waals surface area (Å²) >= 11 is 0. The maximum atomic E-state index is 12.1. The summed E-state index contributed by atoms with van der Waals surface area (Å²) in [5, 5.41) is 6.16. The van der Waals surface area contributed by atoms with Crippen molar-refractivity contribution in [3.05, 3.63) is 66.2 Å². The fourth-order valence-corrected chi connectivity index (χ4v) is 2.80. The van der Waals surface area contributed by atoms with Crippen LogP contribution in [0.5, 0.6) is 17.2 Å². The van der Waals surface area contributed by atoms with Crippen LogP contribution >= 0.6 is 0 Å². The number of carbonyl (C=O) groups is 1. The molecular formula is C22H22N2O4. The van der Waals surface area contributed by atoms with Crippen molar-refractivity contribution in [1.29, 1.82) is 0 Å². The van der Waals surface area contributed by atoms with Crippen molar-refractivity contribution in [2.75, 3.05) is 20.8 Å². The second-order valence-electron chi connectivity index (χ2n) is 6.06. The van der Waals surface area contributed by atoms with Crippen LogP contribution in [0.4, 0.5) is 0 Å². The minimum atomic E-state index is -0.347. The van der Waals surface area contributed by atoms with E-state index in [-0.39, 0.29) is 12.5 Å². The van der Waals surface area contributed by atoms with Gasteiger partial charge in [-0.3, -0.25) is 4.79 Å². The average Bonchev–Trinajstić information content (AvgIpc) is 2.75. The van der Waals surface area contributed by atoms with Gasteiger partial charge < -0.3 is 14.2 Å². The van der Waals surface area contributed by atoms with Gasteiger partial charge >= 0.3 is 0 Å². The molecule has 3 rings (SSSR count). The summed E-state index contributed by atoms with van der Waals surface area (Å²) in [4.78, 5) is 12.1. The summed E-state index contributed by atoms with van der Waals surface area (Å²) in [7, 11) is 3.16. The number of nitrogens with zero attached hydrogens (tertiary/aromatic N) is 1. The zero-order valence-corrected chi connectivity index (χ0v) is 16.1. The highest BCUT2D eigenvalue weighted by molar-refractivity contribution is 6.01. The molecule has 0 atom stereocenters. The number of ether oxygens (including phenoxy) is 3. The van der Waals surface area contributed by atoms with Gasteiger partial charge in [0, 0.05) is 17.0 Å². The van der Waals surface area contributed by atoms with Gasteiger partial charge in [0.15, 0.2) is 6.61 Å². The Morgan fingerprint density at radius 3 is 2.54 bits per heavy atom. The fourth-order valence-electron chi connectivity index (χ4n) is 2.80. The van der Waals surface area contributed by atoms with E-state index in [1.165, 1.54) is 0 Å². The highest BCUT2D eigenvalue weighted by Crippen LogP contribution is 2.26. The lowest BCUT2D eigenvalue weighted by Crippen LogP contribution is -2.25. The Kier molecular flexibility index (Phi) is 6.11. The Labute approximate surface area is 163 Å². The van der Waals surface area contributed by atoms with Crippen molar-refractivity contribution >= 4 is 22.4 Å². The fraction of sp³-hybridized carbons (Fsp3) is 0.182. The molecule has 0 saturated carbocycles. The highest BCUT2D eigenvalue weighted by Gasteiger charge is 2.09. The van der Waals surface area contributed by atoms with Crippen molar-refractivity contribution in [2.45, 2.75) is 6.92 Å². The molecule has 0 spiro atoms. The second-order valence-corrected chi connectivity index (χ2v) is 6.06. The number of fused-ring (bicyclic) bond motifs is 1. The summed E-state index contributed by atoms with van der Waals surface area (Å²) in [6, 6.07) is 19.0. The normalized spacial score (nSPS) is 11.2. The van der Waals surface area contributed by atoms with E-state index in [1.807, 2.05) is 54.6 Å². The second kappa shape index (κ2) is 8.90. The molecule has 0 aliphatic rings. The molecule has 1 amide bonds. The minimum absolute atomic E-state index is 0.134. The Hall–Kier alpha value is -3.54. The van der Waals surface area contributed by atoms with Crippen LogP contribution in [0.3, 0.4) is 0 Å². The summed E-state index contributed by atoms with van der Waals surface area (Å²) < 4.78 is 16.2. The number of benzene rings is 3. The molecule has 0 aliphatic carbocycles. The third-order valence-electron chi connectivity index (χ3n) is 4.26. The zero-order valence-electron chi connectivity index (χ0n) is 16.1. The van der Waals surface area contributed by atoms with Gasteiger partial charge in [-0.15, -0.1) is 0 Å². The molecule has 6 heteroatoms. The van der Waals surface area contributed by atoms with Crippen molar-refractivity contribution in [3.8, 4) is 17.2 Å². The number of nitrogens with one attached hydrogen (secondary N) is 1. The summed E-state index contributed by atoms with van der Waals surface area (Å²) in [5.74, 6) is 1.60. The van der Waals surface area contributed by atoms with E-state index >= 15 is 0 Å². The largest absolute Gasteiger partial charge is 0.497 e. The van der Waals surface area contributed by atoms with Gasteiger partial charge in [0.2, 0.25) is 0 Å². The van der Waals surface area contributed by atoms with Crippen molar-refractivity contribution in [2.24, 2.45) is 5.10 Å². The first kappa shape index (κ1) is 19.2. The first-order valence-corrected chi connectivity index (χ1v) is 8.78. The molecule has 0 saturated heterocycles. The molecule has 3 aromatic rings. The molecule has 0 radical (unpaired) electrons. The summed E-state index contributed by atoms with van der Waals surface area (Å²) in [5.41, 5.74) is 3.89. The third kappa shape index (κ3) is 4.40. The molecule has 144 valence electrons. The van der Waals surface area contributed by atoms with Gasteiger partial charge in [-0.25, -0.2) is 5.43 Å². The Morgan fingerprint density at radius 1 is 0.964 bits per heavy atom. The van der Waals surface area contributed by atoms with Gasteiger partial charge in [0.25, 0.3) is 5.91 Å². The number of carbonyl (C=O) groups excluding carboxylic acids is 1. The van der Waals surface area contributed by atoms with Crippen LogP contribution in [0, 0.1) is 0 Å². The predicted molar refractivity (Wildman–Crippen MR) is 109 cm³/mol. The van der Waals surface area contributed by atoms with E-state index in [4.69, 9.17) is 14.2 Å². The smallest absolute Gasteiger partial charge is 0.277 e. The van der Waals surface area contributed by atoms with Crippen molar-refractivity contribution in [1.82, 2.24) is 5.43 Å². The number of hydrogen-bond acceptors (Lipinski definition) is 5. The lowest BCUT2D eigenvalue weighted by molar-refractivity contribution is -0.123. The van der Waals surface area contributed by atoms with Crippen molar-refractivity contribution < 1.29 is 19.0 Å². The van der Waals surface area contributed by atoms with E-state index < -0.39 is 0 Å². The molecule has 6 nitrogen and oxygen atoms in total. The van der Waals surface area contributed by atoms with Crippen LogP contribution in [-0.4, -0.2) is 32.4 Å². The van der Waals surface area contributed by atoms with Crippen LogP contribution in [-0.2, 0) is 4.79 Å². The monoisotopic (exact) mass is 378 g/mol. The number of methoxy groups -OCH3 is 2. The van der Waals surface area contributed by atoms with E-state index in [9.17, 15) is 4.79 Å². The molecule has 28 heavy (non-hydrogen) atoms. The molecule has 0 aliphatic heterocycles. The summed E-state index contributed by atoms with van der Waals surface area (Å²) in [6.45, 7) is 1.65. The highest BCUT2D eigenvalue weighted by atomic mass is 16.5. The maximum Gasteiger partial charge on any atom is 0.277 e. The molecule has 0 unspecified atom stereocenters. The summed E-state index contributed by atoms with van der Waals surface area (Å²) in [6.07, 6.45) is 0. The lowest BCUT2D eigenvalue weighted by atomic mass is 10.1. The molecular weight excluding hydrogens is 356 g/mol. The van der Waals surface area contributed by atoms with E-state index in [1.54, 1.807) is 27.2 Å². The van der Waals surface area contributed by atoms with Crippen LogP contribution in [0.25, 0.3) is 10.8 Å². The maximum absolute atomic E-state index is 12.1. The average molecular weight is 378 g/mol. The van der Waals surface area contributed by atoms with Gasteiger partial charge in [-0.2, -0.15) is 5.10 Å². The number of amides is 1. The molecule has 3 aromatic carbocycles. The Bertz CT molecular complexity index is 1010. The Morgan fingerprint density at radius 2 is 1.75 bits per heavy atom. The molecule has 1 N–H and O–H groups in total. The van der Waals surface area contributed by atoms with Gasteiger partial charge in [0.05, 0.1) is 19.9 Å². The Balaban J connectivity index is 1.65. The third-order valence-corrected chi connectivity index (χ3v) is 4.26. The van der Waals surface area contributed by atoms with Crippen molar-refractivity contribution in [3.63, 3.8) is 0 Å². The molecule has 0 heterocycles. The predicted octanol–water partition coefficient (Wildman–Crippen LogP) is 3.78. The van der Waals surface area contributed by atoms with Crippen LogP contribution < -0.4 is 19.6 Å². The SMILES string of the molecule is COc1ccc(C(C)=NNC(=O)COc2cccc3ccccc23)c(OC)c1. The van der Waals surface area contributed by atoms with E-state index in [2.05, 4.69) is 10.5 Å². The van der Waals surface area contributed by atoms with Gasteiger partial charge in [0.1, 0.15) is 17.2 Å². The standard InChI is InChI=1S/C22H22N2O4/c1-15(18-12-11-17(26-2)13-21(18)27-3)23-24-22(25)14-28-20-10-6-8-16-7-4-5-9-19(16)20/h4-13H,14H2,1-3H3,(H,24,25). The lowest BCUT2D eigenvalue weighted by Gasteiger charge is -2.11. The molecule has 0 bridgehead atoms. The first-order valence-electron chi connectivity index (χ1n) is 8.78. The zero-order chi connectivity index (χ0) is 19.9. The van der Waals surface area contributed by atoms with Gasteiger partial charge in [-0.1, -0.05) is 36.4 Å². The van der Waals surface area contributed by atoms with Crippen LogP contribution in [0.2, 0.25) is 0 Å². The van der Waals surface area contributed by atoms with Gasteiger partial charge in [-0.05, 0) is 30.5 Å². The van der Waals surface area contributed by atoms with E-state index in [0.29, 0.717) is 23.0 Å². The quantitative estimate of drug-likeness (QED) is 0.502. The minimum Gasteiger partial charge on any atom is -0.497 e. The number of rotatable bonds is 7. The van der Waals surface area contributed by atoms with E-state index in [0.717, 1.165) is 16.3 Å². The topological polar surface area (TPSA) is 69.2 Å².